The van der Waals surface area contributed by atoms with E-state index in [0.717, 1.165) is 28.6 Å². The second kappa shape index (κ2) is 12.4. The topological polar surface area (TPSA) is 60.9 Å². The molecule has 3 aromatic rings. The van der Waals surface area contributed by atoms with Crippen LogP contribution in [0.2, 0.25) is 0 Å². The number of hydrogen-bond donors (Lipinski definition) is 0. The van der Waals surface area contributed by atoms with Crippen molar-refractivity contribution in [3.05, 3.63) is 75.7 Å². The monoisotopic (exact) mass is 468 g/mol. The molecule has 1 amide bonds. The fourth-order valence-electron chi connectivity index (χ4n) is 3.48. The summed E-state index contributed by atoms with van der Waals surface area (Å²) in [5, 5.41) is 2.88. The molecule has 7 heteroatoms. The van der Waals surface area contributed by atoms with Crippen LogP contribution < -0.4 is 9.47 Å². The van der Waals surface area contributed by atoms with Gasteiger partial charge in [-0.1, -0.05) is 32.0 Å². The molecule has 0 bridgehead atoms. The van der Waals surface area contributed by atoms with Crippen molar-refractivity contribution >= 4 is 17.2 Å². The number of ether oxygens (including phenoxy) is 3. The summed E-state index contributed by atoms with van der Waals surface area (Å²) in [6, 6.07) is 15.3. The molecule has 0 N–H and O–H groups in total. The normalized spacial score (nSPS) is 10.9. The van der Waals surface area contributed by atoms with Crippen LogP contribution >= 0.6 is 11.3 Å². The van der Waals surface area contributed by atoms with Gasteiger partial charge in [-0.15, -0.1) is 11.3 Å². The standard InChI is InChI=1S/C26H32N2O4S/c1-19(2)23-8-5-6-9-24(23)32-17-25-27-21(18-33-25)16-28(14-7-15-30-3)26(29)20-10-12-22(31-4)13-11-20/h5-6,8-13,18-19H,7,14-17H2,1-4H3. The fourth-order valence-corrected chi connectivity index (χ4v) is 4.18. The van der Waals surface area contributed by atoms with Gasteiger partial charge >= 0.3 is 0 Å². The summed E-state index contributed by atoms with van der Waals surface area (Å²) in [5.74, 6) is 1.96. The first-order chi connectivity index (χ1) is 16.0. The molecule has 1 aromatic heterocycles. The summed E-state index contributed by atoms with van der Waals surface area (Å²) < 4.78 is 16.4. The van der Waals surface area contributed by atoms with E-state index in [1.807, 2.05) is 28.5 Å². The maximum Gasteiger partial charge on any atom is 0.254 e. The van der Waals surface area contributed by atoms with Gasteiger partial charge < -0.3 is 19.1 Å². The van der Waals surface area contributed by atoms with Gasteiger partial charge in [0.1, 0.15) is 23.1 Å². The molecular weight excluding hydrogens is 436 g/mol. The number of aromatic nitrogens is 1. The Morgan fingerprint density at radius 2 is 1.85 bits per heavy atom. The molecule has 176 valence electrons. The first kappa shape index (κ1) is 24.7. The Kier molecular flexibility index (Phi) is 9.27. The minimum atomic E-state index is -0.0367. The van der Waals surface area contributed by atoms with Crippen LogP contribution in [0.1, 0.15) is 52.8 Å². The highest BCUT2D eigenvalue weighted by molar-refractivity contribution is 7.09. The quantitative estimate of drug-likeness (QED) is 0.327. The first-order valence-electron chi connectivity index (χ1n) is 11.1. The number of carbonyl (C=O) groups is 1. The number of carbonyl (C=O) groups excluding carboxylic acids is 1. The molecule has 2 aromatic carbocycles. The molecule has 1 heterocycles. The van der Waals surface area contributed by atoms with Gasteiger partial charge in [0.05, 0.1) is 19.3 Å². The molecule has 0 aliphatic carbocycles. The average molecular weight is 469 g/mol. The van der Waals surface area contributed by atoms with Gasteiger partial charge in [-0.25, -0.2) is 4.98 Å². The third-order valence-electron chi connectivity index (χ3n) is 5.25. The maximum absolute atomic E-state index is 13.2. The maximum atomic E-state index is 13.2. The van der Waals surface area contributed by atoms with Crippen LogP contribution in [0.25, 0.3) is 0 Å². The highest BCUT2D eigenvalue weighted by Crippen LogP contribution is 2.27. The zero-order chi connectivity index (χ0) is 23.6. The average Bonchev–Trinajstić information content (AvgIpc) is 3.29. The van der Waals surface area contributed by atoms with Crippen molar-refractivity contribution < 1.29 is 19.0 Å². The van der Waals surface area contributed by atoms with Crippen LogP contribution in [0.15, 0.2) is 53.9 Å². The smallest absolute Gasteiger partial charge is 0.254 e. The minimum Gasteiger partial charge on any atom is -0.497 e. The zero-order valence-corrected chi connectivity index (χ0v) is 20.6. The lowest BCUT2D eigenvalue weighted by molar-refractivity contribution is 0.0721. The Morgan fingerprint density at radius 3 is 2.55 bits per heavy atom. The molecule has 6 nitrogen and oxygen atoms in total. The second-order valence-corrected chi connectivity index (χ2v) is 8.96. The number of rotatable bonds is 12. The van der Waals surface area contributed by atoms with Crippen LogP contribution in [0, 0.1) is 0 Å². The SMILES string of the molecule is COCCCN(Cc1csc(COc2ccccc2C(C)C)n1)C(=O)c1ccc(OC)cc1. The van der Waals surface area contributed by atoms with E-state index in [2.05, 4.69) is 19.9 Å². The van der Waals surface area contributed by atoms with Gasteiger partial charge in [0.15, 0.2) is 0 Å². The Balaban J connectivity index is 1.67. The third-order valence-corrected chi connectivity index (χ3v) is 6.12. The van der Waals surface area contributed by atoms with E-state index in [1.54, 1.807) is 49.8 Å². The molecular formula is C26H32N2O4S. The number of hydrogen-bond acceptors (Lipinski definition) is 6. The highest BCUT2D eigenvalue weighted by atomic mass is 32.1. The first-order valence-corrected chi connectivity index (χ1v) is 12.0. The fraction of sp³-hybridized carbons (Fsp3) is 0.385. The molecule has 3 rings (SSSR count). The van der Waals surface area contributed by atoms with E-state index in [9.17, 15) is 4.79 Å². The molecule has 0 saturated heterocycles. The van der Waals surface area contributed by atoms with Gasteiger partial charge in [0, 0.05) is 31.2 Å². The van der Waals surface area contributed by atoms with Crippen LogP contribution in [0.3, 0.4) is 0 Å². The predicted molar refractivity (Wildman–Crippen MR) is 131 cm³/mol. The summed E-state index contributed by atoms with van der Waals surface area (Å²) in [5.41, 5.74) is 2.66. The number of amides is 1. The molecule has 0 unspecified atom stereocenters. The van der Waals surface area contributed by atoms with Crippen LogP contribution in [0.4, 0.5) is 0 Å². The van der Waals surface area contributed by atoms with Crippen molar-refractivity contribution in [3.63, 3.8) is 0 Å². The van der Waals surface area contributed by atoms with Crippen LogP contribution in [-0.4, -0.2) is 43.2 Å². The summed E-state index contributed by atoms with van der Waals surface area (Å²) in [6.45, 7) is 6.34. The van der Waals surface area contributed by atoms with Crippen molar-refractivity contribution in [2.75, 3.05) is 27.4 Å². The van der Waals surface area contributed by atoms with Gasteiger partial charge in [0.25, 0.3) is 5.91 Å². The highest BCUT2D eigenvalue weighted by Gasteiger charge is 2.18. The largest absolute Gasteiger partial charge is 0.497 e. The number of para-hydroxylation sites is 1. The van der Waals surface area contributed by atoms with Crippen molar-refractivity contribution in [2.24, 2.45) is 0 Å². The predicted octanol–water partition coefficient (Wildman–Crippen LogP) is 5.53. The molecule has 0 spiro atoms. The molecule has 0 radical (unpaired) electrons. The molecule has 0 aliphatic rings. The van der Waals surface area contributed by atoms with E-state index in [4.69, 9.17) is 19.2 Å². The summed E-state index contributed by atoms with van der Waals surface area (Å²) in [4.78, 5) is 19.7. The van der Waals surface area contributed by atoms with E-state index in [0.29, 0.717) is 37.8 Å². The molecule has 0 aliphatic heterocycles. The Hall–Kier alpha value is -2.90. The van der Waals surface area contributed by atoms with E-state index in [-0.39, 0.29) is 5.91 Å². The van der Waals surface area contributed by atoms with Crippen molar-refractivity contribution in [1.82, 2.24) is 9.88 Å². The molecule has 0 fully saturated rings. The summed E-state index contributed by atoms with van der Waals surface area (Å²) >= 11 is 1.55. The van der Waals surface area contributed by atoms with E-state index in [1.165, 1.54) is 5.56 Å². The van der Waals surface area contributed by atoms with E-state index < -0.39 is 0 Å². The Labute approximate surface area is 200 Å². The molecule has 0 saturated carbocycles. The van der Waals surface area contributed by atoms with Crippen molar-refractivity contribution in [1.29, 1.82) is 0 Å². The van der Waals surface area contributed by atoms with Gasteiger partial charge in [-0.2, -0.15) is 0 Å². The lowest BCUT2D eigenvalue weighted by atomic mass is 10.0. The second-order valence-electron chi connectivity index (χ2n) is 8.02. The molecule has 33 heavy (non-hydrogen) atoms. The minimum absolute atomic E-state index is 0.0367. The Morgan fingerprint density at radius 1 is 1.09 bits per heavy atom. The van der Waals surface area contributed by atoms with Gasteiger partial charge in [0.2, 0.25) is 0 Å². The Bertz CT molecular complexity index is 1020. The third kappa shape index (κ3) is 7.04. The number of methoxy groups -OCH3 is 2. The summed E-state index contributed by atoms with van der Waals surface area (Å²) in [6.07, 6.45) is 0.754. The van der Waals surface area contributed by atoms with Crippen LogP contribution in [0.5, 0.6) is 11.5 Å². The lowest BCUT2D eigenvalue weighted by Gasteiger charge is -2.22. The van der Waals surface area contributed by atoms with Crippen LogP contribution in [-0.2, 0) is 17.9 Å². The number of thiazole rings is 1. The number of nitrogens with zero attached hydrogens (tertiary/aromatic N) is 2. The van der Waals surface area contributed by atoms with E-state index >= 15 is 0 Å². The zero-order valence-electron chi connectivity index (χ0n) is 19.7. The summed E-state index contributed by atoms with van der Waals surface area (Å²) in [7, 11) is 3.28. The lowest BCUT2D eigenvalue weighted by Crippen LogP contribution is -2.32. The number of benzene rings is 2. The van der Waals surface area contributed by atoms with Gasteiger partial charge in [-0.05, 0) is 48.2 Å². The van der Waals surface area contributed by atoms with Gasteiger partial charge in [-0.3, -0.25) is 4.79 Å². The van der Waals surface area contributed by atoms with Crippen molar-refractivity contribution in [2.45, 2.75) is 39.3 Å². The molecule has 0 atom stereocenters. The van der Waals surface area contributed by atoms with Crippen molar-refractivity contribution in [3.8, 4) is 11.5 Å².